The Hall–Kier alpha value is -0.910. The highest BCUT2D eigenvalue weighted by Crippen LogP contribution is 2.27. The highest BCUT2D eigenvalue weighted by Gasteiger charge is 2.20. The fourth-order valence-electron chi connectivity index (χ4n) is 1.42. The van der Waals surface area contributed by atoms with E-state index >= 15 is 0 Å². The highest BCUT2D eigenvalue weighted by molar-refractivity contribution is 7.10. The number of carbonyl (C=O) groups excluding carboxylic acids is 1. The van der Waals surface area contributed by atoms with Gasteiger partial charge in [0.15, 0.2) is 0 Å². The number of aryl methyl sites for hydroxylation is 1. The first-order valence-electron chi connectivity index (χ1n) is 5.17. The molecule has 1 aromatic heterocycles. The van der Waals surface area contributed by atoms with Crippen LogP contribution in [0.25, 0.3) is 0 Å². The van der Waals surface area contributed by atoms with Crippen molar-refractivity contribution in [2.45, 2.75) is 32.5 Å². The van der Waals surface area contributed by atoms with E-state index in [1.54, 1.807) is 0 Å². The number of carbonyl (C=O) groups is 1. The molecule has 1 rings (SSSR count). The van der Waals surface area contributed by atoms with Crippen molar-refractivity contribution < 1.29 is 15.0 Å². The molecule has 2 unspecified atom stereocenters. The second-order valence-corrected chi connectivity index (χ2v) is 4.70. The predicted molar refractivity (Wildman–Crippen MR) is 63.3 cm³/mol. The van der Waals surface area contributed by atoms with Gasteiger partial charge in [0, 0.05) is 18.3 Å². The minimum atomic E-state index is -0.867. The third-order valence-electron chi connectivity index (χ3n) is 2.35. The molecule has 0 aliphatic rings. The Morgan fingerprint density at radius 1 is 1.56 bits per heavy atom. The fraction of sp³-hybridized carbons (Fsp3) is 0.545. The summed E-state index contributed by atoms with van der Waals surface area (Å²) >= 11 is 1.43. The van der Waals surface area contributed by atoms with Crippen LogP contribution in [0.4, 0.5) is 0 Å². The number of amides is 1. The molecular weight excluding hydrogens is 226 g/mol. The summed E-state index contributed by atoms with van der Waals surface area (Å²) in [6, 6.07) is 1.91. The Morgan fingerprint density at radius 3 is 2.75 bits per heavy atom. The summed E-state index contributed by atoms with van der Waals surface area (Å²) < 4.78 is 0. The van der Waals surface area contributed by atoms with E-state index in [0.29, 0.717) is 13.0 Å². The number of rotatable bonds is 5. The first kappa shape index (κ1) is 13.2. The van der Waals surface area contributed by atoms with Crippen LogP contribution < -0.4 is 5.32 Å². The van der Waals surface area contributed by atoms with Gasteiger partial charge in [-0.2, -0.15) is 0 Å². The van der Waals surface area contributed by atoms with Crippen molar-refractivity contribution in [1.82, 2.24) is 5.32 Å². The van der Waals surface area contributed by atoms with E-state index in [4.69, 9.17) is 0 Å². The van der Waals surface area contributed by atoms with Crippen molar-refractivity contribution in [3.05, 3.63) is 21.9 Å². The second kappa shape index (κ2) is 5.98. The maximum atomic E-state index is 10.6. The summed E-state index contributed by atoms with van der Waals surface area (Å²) in [7, 11) is 0. The molecular formula is C11H17NO3S. The normalized spacial score (nSPS) is 14.5. The molecule has 0 bridgehead atoms. The van der Waals surface area contributed by atoms with Crippen molar-refractivity contribution in [2.24, 2.45) is 0 Å². The molecule has 4 nitrogen and oxygen atoms in total. The second-order valence-electron chi connectivity index (χ2n) is 3.75. The predicted octanol–water partition coefficient (Wildman–Crippen LogP) is 0.977. The lowest BCUT2D eigenvalue weighted by Gasteiger charge is -2.17. The number of nitrogens with one attached hydrogen (secondary N) is 1. The van der Waals surface area contributed by atoms with E-state index in [1.165, 1.54) is 18.3 Å². The zero-order valence-electron chi connectivity index (χ0n) is 9.43. The quantitative estimate of drug-likeness (QED) is 0.722. The van der Waals surface area contributed by atoms with Gasteiger partial charge in [0.05, 0.1) is 6.10 Å². The van der Waals surface area contributed by atoms with E-state index in [9.17, 15) is 15.0 Å². The minimum Gasteiger partial charge on any atom is -0.390 e. The summed E-state index contributed by atoms with van der Waals surface area (Å²) in [5, 5.41) is 24.1. The molecule has 2 atom stereocenters. The van der Waals surface area contributed by atoms with Gasteiger partial charge in [-0.1, -0.05) is 0 Å². The average molecular weight is 243 g/mol. The SMILES string of the molecule is CC(=O)NCCC(O)C(O)c1sccc1C. The monoisotopic (exact) mass is 243 g/mol. The van der Waals surface area contributed by atoms with Crippen LogP contribution in [0.5, 0.6) is 0 Å². The maximum absolute atomic E-state index is 10.6. The minimum absolute atomic E-state index is 0.131. The molecule has 0 spiro atoms. The van der Waals surface area contributed by atoms with E-state index < -0.39 is 12.2 Å². The largest absolute Gasteiger partial charge is 0.390 e. The van der Waals surface area contributed by atoms with Gasteiger partial charge >= 0.3 is 0 Å². The Kier molecular flexibility index (Phi) is 4.92. The summed E-state index contributed by atoms with van der Waals surface area (Å²) in [6.45, 7) is 3.69. The zero-order chi connectivity index (χ0) is 12.1. The summed E-state index contributed by atoms with van der Waals surface area (Å²) in [5.41, 5.74) is 0.982. The Morgan fingerprint density at radius 2 is 2.25 bits per heavy atom. The van der Waals surface area contributed by atoms with Crippen molar-refractivity contribution in [1.29, 1.82) is 0 Å². The Labute approximate surface area is 98.9 Å². The summed E-state index contributed by atoms with van der Waals surface area (Å²) in [5.74, 6) is -0.131. The van der Waals surface area contributed by atoms with Gasteiger partial charge in [-0.05, 0) is 30.4 Å². The lowest BCUT2D eigenvalue weighted by Crippen LogP contribution is -2.27. The lowest BCUT2D eigenvalue weighted by molar-refractivity contribution is -0.119. The number of hydrogen-bond donors (Lipinski definition) is 3. The van der Waals surface area contributed by atoms with Crippen LogP contribution in [0.3, 0.4) is 0 Å². The van der Waals surface area contributed by atoms with Crippen LogP contribution in [0, 0.1) is 6.92 Å². The molecule has 1 amide bonds. The number of hydrogen-bond acceptors (Lipinski definition) is 4. The molecule has 5 heteroatoms. The van der Waals surface area contributed by atoms with Gasteiger partial charge in [-0.3, -0.25) is 4.79 Å². The third-order valence-corrected chi connectivity index (χ3v) is 3.44. The van der Waals surface area contributed by atoms with Crippen molar-refractivity contribution in [3.8, 4) is 0 Å². The molecule has 90 valence electrons. The van der Waals surface area contributed by atoms with E-state index in [2.05, 4.69) is 5.32 Å². The first-order chi connectivity index (χ1) is 7.52. The summed E-state index contributed by atoms with van der Waals surface area (Å²) in [4.78, 5) is 11.4. The van der Waals surface area contributed by atoms with Crippen LogP contribution in [-0.2, 0) is 4.79 Å². The van der Waals surface area contributed by atoms with Crippen LogP contribution in [-0.4, -0.2) is 28.8 Å². The van der Waals surface area contributed by atoms with Gasteiger partial charge in [-0.25, -0.2) is 0 Å². The van der Waals surface area contributed by atoms with Crippen LogP contribution in [0.2, 0.25) is 0 Å². The molecule has 0 aliphatic carbocycles. The first-order valence-corrected chi connectivity index (χ1v) is 6.05. The van der Waals surface area contributed by atoms with Gasteiger partial charge in [0.2, 0.25) is 5.91 Å². The maximum Gasteiger partial charge on any atom is 0.216 e. The molecule has 0 fully saturated rings. The van der Waals surface area contributed by atoms with Crippen molar-refractivity contribution in [2.75, 3.05) is 6.54 Å². The lowest BCUT2D eigenvalue weighted by atomic mass is 10.1. The van der Waals surface area contributed by atoms with Crippen LogP contribution >= 0.6 is 11.3 Å². The molecule has 3 N–H and O–H groups in total. The Balaban J connectivity index is 2.45. The molecule has 1 heterocycles. The van der Waals surface area contributed by atoms with Crippen molar-refractivity contribution in [3.63, 3.8) is 0 Å². The topological polar surface area (TPSA) is 69.6 Å². The highest BCUT2D eigenvalue weighted by atomic mass is 32.1. The van der Waals surface area contributed by atoms with E-state index in [1.807, 2.05) is 18.4 Å². The van der Waals surface area contributed by atoms with Crippen LogP contribution in [0.15, 0.2) is 11.4 Å². The standard InChI is InChI=1S/C11H17NO3S/c1-7-4-6-16-11(7)10(15)9(14)3-5-12-8(2)13/h4,6,9-10,14-15H,3,5H2,1-2H3,(H,12,13). The average Bonchev–Trinajstić information content (AvgIpc) is 2.62. The van der Waals surface area contributed by atoms with Gasteiger partial charge in [0.25, 0.3) is 0 Å². The number of aliphatic hydroxyl groups is 2. The fourth-order valence-corrected chi connectivity index (χ4v) is 2.39. The van der Waals surface area contributed by atoms with Crippen molar-refractivity contribution >= 4 is 17.2 Å². The third kappa shape index (κ3) is 3.59. The molecule has 1 aromatic rings. The Bertz CT molecular complexity index is 351. The smallest absolute Gasteiger partial charge is 0.216 e. The summed E-state index contributed by atoms with van der Waals surface area (Å²) in [6.07, 6.45) is -1.36. The molecule has 0 radical (unpaired) electrons. The van der Waals surface area contributed by atoms with E-state index in [0.717, 1.165) is 10.4 Å². The molecule has 0 aromatic carbocycles. The van der Waals surface area contributed by atoms with Gasteiger partial charge < -0.3 is 15.5 Å². The molecule has 0 saturated carbocycles. The van der Waals surface area contributed by atoms with Gasteiger partial charge in [0.1, 0.15) is 6.10 Å². The molecule has 0 saturated heterocycles. The zero-order valence-corrected chi connectivity index (χ0v) is 10.3. The van der Waals surface area contributed by atoms with Crippen LogP contribution in [0.1, 0.15) is 29.9 Å². The molecule has 16 heavy (non-hydrogen) atoms. The molecule has 0 aliphatic heterocycles. The number of thiophene rings is 1. The number of aliphatic hydroxyl groups excluding tert-OH is 2. The van der Waals surface area contributed by atoms with Gasteiger partial charge in [-0.15, -0.1) is 11.3 Å². The van der Waals surface area contributed by atoms with E-state index in [-0.39, 0.29) is 5.91 Å².